The molecule has 0 spiro atoms. The quantitative estimate of drug-likeness (QED) is 0.108. The second kappa shape index (κ2) is 21.5. The third kappa shape index (κ3) is 10.8. The van der Waals surface area contributed by atoms with Crippen LogP contribution in [0.25, 0.3) is 83.1 Å². The van der Waals surface area contributed by atoms with Gasteiger partial charge in [-0.05, 0) is 116 Å². The van der Waals surface area contributed by atoms with E-state index in [0.29, 0.717) is 11.3 Å². The Kier molecular flexibility index (Phi) is 14.3. The Morgan fingerprint density at radius 2 is 1.03 bits per heavy atom. The van der Waals surface area contributed by atoms with Gasteiger partial charge in [0.25, 0.3) is 0 Å². The number of nitrogens with zero attached hydrogens (tertiary/aromatic N) is 5. The minimum Gasteiger partial charge on any atom is -0.305 e. The van der Waals surface area contributed by atoms with E-state index in [2.05, 4.69) is 150 Å². The summed E-state index contributed by atoms with van der Waals surface area (Å²) in [5, 5.41) is 9.43. The van der Waals surface area contributed by atoms with E-state index in [-0.39, 0.29) is 20.1 Å². The molecule has 328 valence electrons. The fraction of sp³-hybridized carbons (Fsp3) is 0.0635. The van der Waals surface area contributed by atoms with E-state index in [1.54, 1.807) is 24.3 Å². The second-order valence-corrected chi connectivity index (χ2v) is 16.7. The fourth-order valence-corrected chi connectivity index (χ4v) is 8.68. The maximum Gasteiger partial charge on any atom is 3.00 e. The van der Waals surface area contributed by atoms with E-state index in [1.807, 2.05) is 61.1 Å². The van der Waals surface area contributed by atoms with Gasteiger partial charge in [0.1, 0.15) is 5.69 Å². The van der Waals surface area contributed by atoms with Crippen molar-refractivity contribution in [3.8, 4) is 84.3 Å². The molecule has 0 saturated heterocycles. The Labute approximate surface area is 417 Å². The Hall–Kier alpha value is -8.38. The number of nitriles is 1. The standard InChI is InChI=1S/C63H42N5.Ir/c1-65-56-22-12-21-54(38-56)62-32-30-45(42-67-62)26-28-47-33-46(27-25-44-29-31-61(66-41-44)53-20-10-13-48(36-53)40-64)34-55(35-47)57-23-8-9-24-58(57)60-43-68-63(50-16-6-3-7-17-50)39-59(60)52-19-11-18-51(37-52)49-14-4-2-5-15-49;/h2-16,18-19,22-24,29-39,41-43H,25-28H2;/q-3;+3. The predicted octanol–water partition coefficient (Wildman–Crippen LogP) is 14.9. The zero-order valence-corrected chi connectivity index (χ0v) is 39.9. The number of pyridine rings is 3. The van der Waals surface area contributed by atoms with Crippen molar-refractivity contribution in [2.24, 2.45) is 0 Å². The molecule has 69 heavy (non-hydrogen) atoms. The predicted molar refractivity (Wildman–Crippen MR) is 273 cm³/mol. The Morgan fingerprint density at radius 3 is 1.70 bits per heavy atom. The smallest absolute Gasteiger partial charge is 0.305 e. The maximum atomic E-state index is 9.43. The SMILES string of the molecule is [C-]#[N+]c1cc[c-]c(-c2ccc(CCc3cc(CCc4ccc(-c5[c-]ccc(C#N)c5)nc4)cc(-c4ccccc4-c4cnc(-c5[c-]cccc5)cc4-c4cccc(-c5ccccc5)c4)c3)cn2)c1.[Ir+3]. The van der Waals surface area contributed by atoms with Crippen LogP contribution in [0.15, 0.2) is 207 Å². The van der Waals surface area contributed by atoms with Crippen LogP contribution in [0.2, 0.25) is 0 Å². The van der Waals surface area contributed by atoms with Crippen molar-refractivity contribution < 1.29 is 20.1 Å². The molecular weight excluding hydrogens is 1020 g/mol. The zero-order chi connectivity index (χ0) is 46.1. The molecule has 0 unspecified atom stereocenters. The molecule has 10 rings (SSSR count). The van der Waals surface area contributed by atoms with Crippen molar-refractivity contribution in [2.45, 2.75) is 25.7 Å². The van der Waals surface area contributed by atoms with Crippen LogP contribution in [0.4, 0.5) is 5.69 Å². The molecule has 0 saturated carbocycles. The van der Waals surface area contributed by atoms with Crippen molar-refractivity contribution >= 4 is 5.69 Å². The van der Waals surface area contributed by atoms with Crippen molar-refractivity contribution in [1.29, 1.82) is 5.26 Å². The van der Waals surface area contributed by atoms with Gasteiger partial charge < -0.3 is 15.0 Å². The summed E-state index contributed by atoms with van der Waals surface area (Å²) in [7, 11) is 0. The Balaban J connectivity index is 0.00000593. The van der Waals surface area contributed by atoms with Crippen LogP contribution in [0.3, 0.4) is 0 Å². The summed E-state index contributed by atoms with van der Waals surface area (Å²) in [6.07, 6.45) is 9.16. The van der Waals surface area contributed by atoms with Gasteiger partial charge in [-0.25, -0.2) is 0 Å². The summed E-state index contributed by atoms with van der Waals surface area (Å²) < 4.78 is 0. The van der Waals surface area contributed by atoms with Gasteiger partial charge in [0.05, 0.1) is 12.6 Å². The molecule has 0 fully saturated rings. The van der Waals surface area contributed by atoms with Crippen LogP contribution >= 0.6 is 0 Å². The van der Waals surface area contributed by atoms with Gasteiger partial charge in [0.15, 0.2) is 0 Å². The molecule has 10 aromatic rings. The first-order valence-corrected chi connectivity index (χ1v) is 22.6. The molecule has 7 aromatic carbocycles. The maximum absolute atomic E-state index is 9.43. The molecule has 6 heteroatoms. The van der Waals surface area contributed by atoms with Crippen LogP contribution < -0.4 is 0 Å². The Bertz CT molecular complexity index is 3340. The van der Waals surface area contributed by atoms with E-state index in [0.717, 1.165) is 110 Å². The van der Waals surface area contributed by atoms with Crippen LogP contribution in [0, 0.1) is 36.1 Å². The number of aromatic nitrogens is 3. The first kappa shape index (κ1) is 45.8. The van der Waals surface area contributed by atoms with Gasteiger partial charge >= 0.3 is 20.1 Å². The molecule has 3 aromatic heterocycles. The first-order chi connectivity index (χ1) is 33.6. The van der Waals surface area contributed by atoms with Crippen LogP contribution in [0.1, 0.15) is 27.8 Å². The van der Waals surface area contributed by atoms with E-state index < -0.39 is 0 Å². The van der Waals surface area contributed by atoms with Crippen molar-refractivity contribution in [3.05, 3.63) is 264 Å². The average molecular weight is 1060 g/mol. The van der Waals surface area contributed by atoms with E-state index >= 15 is 0 Å². The molecule has 0 bridgehead atoms. The number of rotatable bonds is 13. The first-order valence-electron chi connectivity index (χ1n) is 22.6. The average Bonchev–Trinajstić information content (AvgIpc) is 3.42. The number of aryl methyl sites for hydroxylation is 4. The van der Waals surface area contributed by atoms with Gasteiger partial charge in [-0.2, -0.15) is 11.3 Å². The van der Waals surface area contributed by atoms with Crippen LogP contribution in [-0.2, 0) is 45.8 Å². The number of benzene rings is 7. The normalized spacial score (nSPS) is 10.7. The molecule has 0 aliphatic heterocycles. The van der Waals surface area contributed by atoms with Crippen molar-refractivity contribution in [3.63, 3.8) is 0 Å². The van der Waals surface area contributed by atoms with Gasteiger partial charge in [-0.1, -0.05) is 121 Å². The van der Waals surface area contributed by atoms with E-state index in [4.69, 9.17) is 21.5 Å². The van der Waals surface area contributed by atoms with Gasteiger partial charge in [-0.3, -0.25) is 4.85 Å². The fourth-order valence-electron chi connectivity index (χ4n) is 8.68. The third-order valence-corrected chi connectivity index (χ3v) is 12.2. The summed E-state index contributed by atoms with van der Waals surface area (Å²) in [6, 6.07) is 76.3. The monoisotopic (exact) mass is 1060 g/mol. The molecular formula is C63H42IrN5. The second-order valence-electron chi connectivity index (χ2n) is 16.7. The summed E-state index contributed by atoms with van der Waals surface area (Å²) in [5.41, 5.74) is 19.8. The summed E-state index contributed by atoms with van der Waals surface area (Å²) in [6.45, 7) is 7.42. The summed E-state index contributed by atoms with van der Waals surface area (Å²) >= 11 is 0. The van der Waals surface area contributed by atoms with E-state index in [9.17, 15) is 5.26 Å². The minimum absolute atomic E-state index is 0. The molecule has 0 aliphatic carbocycles. The van der Waals surface area contributed by atoms with Gasteiger partial charge in [-0.15, -0.1) is 89.5 Å². The largest absolute Gasteiger partial charge is 3.00 e. The van der Waals surface area contributed by atoms with Crippen molar-refractivity contribution in [1.82, 2.24) is 15.0 Å². The van der Waals surface area contributed by atoms with Crippen LogP contribution in [-0.4, -0.2) is 15.0 Å². The molecule has 0 N–H and O–H groups in total. The number of hydrogen-bond acceptors (Lipinski definition) is 4. The third-order valence-electron chi connectivity index (χ3n) is 12.2. The van der Waals surface area contributed by atoms with Gasteiger partial charge in [0.2, 0.25) is 0 Å². The summed E-state index contributed by atoms with van der Waals surface area (Å²) in [5.74, 6) is 0. The summed E-state index contributed by atoms with van der Waals surface area (Å²) in [4.78, 5) is 18.2. The molecule has 0 radical (unpaired) electrons. The van der Waals surface area contributed by atoms with Crippen molar-refractivity contribution in [2.75, 3.05) is 0 Å². The zero-order valence-electron chi connectivity index (χ0n) is 37.5. The molecule has 5 nitrogen and oxygen atoms in total. The minimum atomic E-state index is 0. The Morgan fingerprint density at radius 1 is 0.420 bits per heavy atom. The molecule has 0 aliphatic rings. The van der Waals surface area contributed by atoms with E-state index in [1.165, 1.54) is 16.7 Å². The van der Waals surface area contributed by atoms with Crippen LogP contribution in [0.5, 0.6) is 0 Å². The molecule has 0 amide bonds. The number of hydrogen-bond donors (Lipinski definition) is 0. The molecule has 0 atom stereocenters. The molecule has 3 heterocycles. The van der Waals surface area contributed by atoms with Gasteiger partial charge in [0, 0.05) is 24.2 Å². The topological polar surface area (TPSA) is 66.8 Å².